The van der Waals surface area contributed by atoms with Crippen molar-refractivity contribution >= 4 is 16.8 Å². The molecule has 0 unspecified atom stereocenters. The lowest BCUT2D eigenvalue weighted by molar-refractivity contribution is -0.0604. The van der Waals surface area contributed by atoms with Crippen molar-refractivity contribution in [2.75, 3.05) is 13.1 Å². The van der Waals surface area contributed by atoms with Crippen molar-refractivity contribution in [3.8, 4) is 0 Å². The maximum Gasteiger partial charge on any atom is 0.254 e. The number of aryl methyl sites for hydroxylation is 1. The molecule has 3 aromatic rings. The maximum atomic E-state index is 13.3. The first-order valence-electron chi connectivity index (χ1n) is 8.86. The van der Waals surface area contributed by atoms with Gasteiger partial charge < -0.3 is 9.64 Å². The molecular weight excluding hydrogens is 330 g/mol. The summed E-state index contributed by atoms with van der Waals surface area (Å²) in [4.78, 5) is 19.5. The van der Waals surface area contributed by atoms with Crippen LogP contribution in [0.1, 0.15) is 34.1 Å². The summed E-state index contributed by atoms with van der Waals surface area (Å²) >= 11 is 0. The van der Waals surface area contributed by atoms with E-state index in [-0.39, 0.29) is 18.1 Å². The number of hydrogen-bond acceptors (Lipinski definition) is 5. The average molecular weight is 349 g/mol. The van der Waals surface area contributed by atoms with Crippen LogP contribution in [0.25, 0.3) is 10.9 Å². The highest BCUT2D eigenvalue weighted by Crippen LogP contribution is 2.31. The molecule has 2 atom stereocenters. The van der Waals surface area contributed by atoms with Crippen molar-refractivity contribution in [1.82, 2.24) is 24.9 Å². The summed E-state index contributed by atoms with van der Waals surface area (Å²) in [5.74, 6) is 0.0358. The summed E-state index contributed by atoms with van der Waals surface area (Å²) in [5, 5.41) is 9.11. The third kappa shape index (κ3) is 2.39. The van der Waals surface area contributed by atoms with E-state index in [1.54, 1.807) is 12.4 Å². The normalized spacial score (nSPS) is 22.1. The van der Waals surface area contributed by atoms with E-state index in [9.17, 15) is 4.79 Å². The number of fused-ring (bicyclic) bond motifs is 4. The van der Waals surface area contributed by atoms with Gasteiger partial charge in [-0.25, -0.2) is 4.68 Å². The van der Waals surface area contributed by atoms with Crippen LogP contribution in [0.5, 0.6) is 0 Å². The number of piperidine rings is 1. The zero-order valence-electron chi connectivity index (χ0n) is 14.5. The van der Waals surface area contributed by atoms with E-state index in [2.05, 4.69) is 15.3 Å². The van der Waals surface area contributed by atoms with Gasteiger partial charge in [0.2, 0.25) is 0 Å². The Bertz CT molecular complexity index is 999. The molecule has 5 rings (SSSR count). The molecule has 0 radical (unpaired) electrons. The summed E-state index contributed by atoms with van der Waals surface area (Å²) in [6.07, 6.45) is 4.33. The Labute approximate surface area is 150 Å². The van der Waals surface area contributed by atoms with Gasteiger partial charge in [0, 0.05) is 24.7 Å². The molecule has 2 aliphatic heterocycles. The van der Waals surface area contributed by atoms with Gasteiger partial charge in [0.25, 0.3) is 5.91 Å². The molecule has 1 amide bonds. The largest absolute Gasteiger partial charge is 0.370 e. The third-order valence-corrected chi connectivity index (χ3v) is 5.34. The molecule has 26 heavy (non-hydrogen) atoms. The van der Waals surface area contributed by atoms with Crippen LogP contribution in [0.3, 0.4) is 0 Å². The third-order valence-electron chi connectivity index (χ3n) is 5.34. The lowest BCUT2D eigenvalue weighted by atomic mass is 9.98. The first kappa shape index (κ1) is 15.5. The summed E-state index contributed by atoms with van der Waals surface area (Å²) in [6, 6.07) is 7.84. The van der Waals surface area contributed by atoms with Crippen molar-refractivity contribution in [2.24, 2.45) is 0 Å². The Kier molecular flexibility index (Phi) is 3.49. The summed E-state index contributed by atoms with van der Waals surface area (Å²) < 4.78 is 7.86. The predicted octanol–water partition coefficient (Wildman–Crippen LogP) is 2.12. The van der Waals surface area contributed by atoms with E-state index >= 15 is 0 Å². The Morgan fingerprint density at radius 3 is 3.15 bits per heavy atom. The molecule has 0 N–H and O–H groups in total. The predicted molar refractivity (Wildman–Crippen MR) is 94.6 cm³/mol. The molecule has 132 valence electrons. The van der Waals surface area contributed by atoms with Crippen molar-refractivity contribution < 1.29 is 9.53 Å². The summed E-state index contributed by atoms with van der Waals surface area (Å²) in [7, 11) is 0. The van der Waals surface area contributed by atoms with E-state index in [1.165, 1.54) is 0 Å². The zero-order chi connectivity index (χ0) is 17.7. The first-order chi connectivity index (χ1) is 12.7. The molecule has 1 fully saturated rings. The smallest absolute Gasteiger partial charge is 0.254 e. The molecule has 2 aromatic heterocycles. The first-order valence-corrected chi connectivity index (χ1v) is 8.86. The number of likely N-dealkylation sites (tertiary alicyclic amines) is 1. The van der Waals surface area contributed by atoms with Gasteiger partial charge in [-0.2, -0.15) is 0 Å². The van der Waals surface area contributed by atoms with Crippen LogP contribution in [0, 0.1) is 6.92 Å². The number of carbonyl (C=O) groups excluding carboxylic acids is 1. The minimum Gasteiger partial charge on any atom is -0.370 e. The second-order valence-electron chi connectivity index (χ2n) is 7.01. The standard InChI is InChI=1S/C19H19N5O2/c1-12-2-3-16-15(8-12)14(4-6-20-16)19(25)23-7-5-18-17(10-23)24-13(11-26-18)9-21-22-24/h2-4,6,8-9,17-18H,5,7,10-11H2,1H3/t17-,18+/m0/s1. The van der Waals surface area contributed by atoms with Crippen LogP contribution in [-0.2, 0) is 11.3 Å². The van der Waals surface area contributed by atoms with E-state index < -0.39 is 0 Å². The lowest BCUT2D eigenvalue weighted by Crippen LogP contribution is -2.49. The van der Waals surface area contributed by atoms with Crippen LogP contribution in [0.2, 0.25) is 0 Å². The van der Waals surface area contributed by atoms with E-state index in [1.807, 2.05) is 40.8 Å². The van der Waals surface area contributed by atoms with E-state index in [0.29, 0.717) is 25.3 Å². The Balaban J connectivity index is 1.48. The maximum absolute atomic E-state index is 13.3. The van der Waals surface area contributed by atoms with Crippen LogP contribution >= 0.6 is 0 Å². The van der Waals surface area contributed by atoms with Crippen molar-refractivity contribution in [2.45, 2.75) is 32.1 Å². The van der Waals surface area contributed by atoms with Gasteiger partial charge in [-0.1, -0.05) is 16.8 Å². The number of pyridine rings is 1. The Hall–Kier alpha value is -2.80. The zero-order valence-corrected chi connectivity index (χ0v) is 14.5. The lowest BCUT2D eigenvalue weighted by Gasteiger charge is -2.41. The molecular formula is C19H19N5O2. The van der Waals surface area contributed by atoms with Gasteiger partial charge in [-0.15, -0.1) is 5.10 Å². The van der Waals surface area contributed by atoms with Crippen LogP contribution < -0.4 is 0 Å². The van der Waals surface area contributed by atoms with Crippen molar-refractivity contribution in [3.05, 3.63) is 53.5 Å². The number of benzene rings is 1. The van der Waals surface area contributed by atoms with E-state index in [4.69, 9.17) is 4.74 Å². The second-order valence-corrected chi connectivity index (χ2v) is 7.01. The van der Waals surface area contributed by atoms with Gasteiger partial charge in [0.15, 0.2) is 0 Å². The van der Waals surface area contributed by atoms with Crippen molar-refractivity contribution in [1.29, 1.82) is 0 Å². The fourth-order valence-corrected chi connectivity index (χ4v) is 3.98. The molecule has 2 aliphatic rings. The minimum atomic E-state index is 0.0220. The number of aromatic nitrogens is 4. The number of ether oxygens (including phenoxy) is 1. The quantitative estimate of drug-likeness (QED) is 0.673. The topological polar surface area (TPSA) is 73.1 Å². The molecule has 0 bridgehead atoms. The summed E-state index contributed by atoms with van der Waals surface area (Å²) in [5.41, 5.74) is 3.63. The monoisotopic (exact) mass is 349 g/mol. The Morgan fingerprint density at radius 2 is 2.23 bits per heavy atom. The highest BCUT2D eigenvalue weighted by molar-refractivity contribution is 6.06. The molecule has 4 heterocycles. The molecule has 7 heteroatoms. The number of carbonyl (C=O) groups is 1. The van der Waals surface area contributed by atoms with E-state index in [0.717, 1.165) is 28.6 Å². The molecule has 0 aliphatic carbocycles. The fourth-order valence-electron chi connectivity index (χ4n) is 3.98. The van der Waals surface area contributed by atoms with Gasteiger partial charge in [-0.3, -0.25) is 9.78 Å². The summed E-state index contributed by atoms with van der Waals surface area (Å²) in [6.45, 7) is 3.82. The highest BCUT2D eigenvalue weighted by Gasteiger charge is 2.38. The highest BCUT2D eigenvalue weighted by atomic mass is 16.5. The second kappa shape index (κ2) is 5.88. The molecule has 0 spiro atoms. The number of amides is 1. The van der Waals surface area contributed by atoms with Gasteiger partial charge in [0.05, 0.1) is 41.7 Å². The minimum absolute atomic E-state index is 0.0220. The average Bonchev–Trinajstić information content (AvgIpc) is 3.16. The Morgan fingerprint density at radius 1 is 1.31 bits per heavy atom. The molecule has 1 aromatic carbocycles. The number of hydrogen-bond donors (Lipinski definition) is 0. The molecule has 0 saturated carbocycles. The van der Waals surface area contributed by atoms with Crippen LogP contribution in [0.4, 0.5) is 0 Å². The molecule has 1 saturated heterocycles. The molecule has 7 nitrogen and oxygen atoms in total. The van der Waals surface area contributed by atoms with Gasteiger partial charge in [-0.05, 0) is 31.5 Å². The van der Waals surface area contributed by atoms with Gasteiger partial charge >= 0.3 is 0 Å². The van der Waals surface area contributed by atoms with Gasteiger partial charge in [0.1, 0.15) is 0 Å². The van der Waals surface area contributed by atoms with Crippen LogP contribution in [-0.4, -0.2) is 50.0 Å². The number of rotatable bonds is 1. The number of nitrogens with zero attached hydrogens (tertiary/aromatic N) is 5. The van der Waals surface area contributed by atoms with Crippen molar-refractivity contribution in [3.63, 3.8) is 0 Å². The van der Waals surface area contributed by atoms with Crippen LogP contribution in [0.15, 0.2) is 36.7 Å². The SMILES string of the molecule is Cc1ccc2nccc(C(=O)N3CC[C@H]4OCc5cnnn5[C@H]4C3)c2c1. The fraction of sp³-hybridized carbons (Fsp3) is 0.368.